The van der Waals surface area contributed by atoms with Crippen molar-refractivity contribution >= 4 is 44.6 Å². The number of aromatic nitrogens is 1. The van der Waals surface area contributed by atoms with Gasteiger partial charge in [0.05, 0.1) is 23.8 Å². The first-order valence-electron chi connectivity index (χ1n) is 19.5. The maximum atomic E-state index is 15.1. The standard InChI is InChI=1S/C40H52FN5O9S/c1-23-8-6-7-9-25-20-40(25,36(49)44-56(52,53)39(4)13-14-39)43-33(47)30-19-27(55-34-29-17-26(41)18-31(54-5)28(29)10-15-42-34)21-45(30)35(48)32(24(2)16-23)46(37(50)51)22-38(3)11-12-38/h7,9-10,15,17-18,23-25,27,30,32H,6,8,11-14,16,19-22H2,1-5H3,(H,43,47)(H,44,49)(H,50,51)/t23-,24-,25-,27-,30+,32+,40-/m1/s1. The Morgan fingerprint density at radius 1 is 1.12 bits per heavy atom. The summed E-state index contributed by atoms with van der Waals surface area (Å²) < 4.78 is 54.1. The van der Waals surface area contributed by atoms with Crippen LogP contribution >= 0.6 is 0 Å². The number of methoxy groups -OCH3 is 1. The number of ether oxygens (including phenoxy) is 2. The third kappa shape index (κ3) is 7.64. The Labute approximate surface area is 326 Å². The Bertz CT molecular complexity index is 2070. The molecule has 1 aromatic heterocycles. The van der Waals surface area contributed by atoms with E-state index in [4.69, 9.17) is 9.47 Å². The molecule has 3 heterocycles. The van der Waals surface area contributed by atoms with Crippen LogP contribution in [0.15, 0.2) is 36.5 Å². The molecule has 4 amide bonds. The molecule has 0 spiro atoms. The first-order chi connectivity index (χ1) is 26.4. The Morgan fingerprint density at radius 2 is 1.86 bits per heavy atom. The molecule has 56 heavy (non-hydrogen) atoms. The first-order valence-corrected chi connectivity index (χ1v) is 21.0. The average Bonchev–Trinajstić information content (AvgIpc) is 4.09. The van der Waals surface area contributed by atoms with Crippen molar-refractivity contribution < 1.29 is 46.6 Å². The van der Waals surface area contributed by atoms with Gasteiger partial charge in [-0.25, -0.2) is 22.6 Å². The van der Waals surface area contributed by atoms with Crippen LogP contribution in [0.2, 0.25) is 0 Å². The van der Waals surface area contributed by atoms with E-state index < -0.39 is 80.0 Å². The highest BCUT2D eigenvalue weighted by molar-refractivity contribution is 7.91. The van der Waals surface area contributed by atoms with Gasteiger partial charge in [-0.05, 0) is 87.7 Å². The number of carbonyl (C=O) groups is 4. The number of hydrogen-bond acceptors (Lipinski definition) is 9. The van der Waals surface area contributed by atoms with Crippen LogP contribution in [-0.4, -0.2) is 101 Å². The maximum Gasteiger partial charge on any atom is 0.408 e. The van der Waals surface area contributed by atoms with E-state index in [1.54, 1.807) is 13.0 Å². The Kier molecular flexibility index (Phi) is 10.3. The lowest BCUT2D eigenvalue weighted by atomic mass is 9.86. The van der Waals surface area contributed by atoms with Gasteiger partial charge >= 0.3 is 6.09 Å². The van der Waals surface area contributed by atoms with Gasteiger partial charge in [-0.3, -0.25) is 24.0 Å². The molecule has 5 aliphatic rings. The molecule has 304 valence electrons. The lowest BCUT2D eigenvalue weighted by molar-refractivity contribution is -0.144. The SMILES string of the molecule is COc1cc(F)cc2c(O[C@@H]3C[C@H]4C(=O)N[C@]5(C(=O)NS(=O)(=O)C6(C)CC6)C[C@H]5C=CCC[C@@H](C)C[C@@H](C)[C@H](N(CC5(C)CC5)C(=O)O)C(=O)N4C3)nccc12. The summed E-state index contributed by atoms with van der Waals surface area (Å²) in [5, 5.41) is 14.3. The van der Waals surface area contributed by atoms with Gasteiger partial charge < -0.3 is 24.8 Å². The largest absolute Gasteiger partial charge is 0.496 e. The molecule has 7 rings (SSSR count). The number of hydrogen-bond donors (Lipinski definition) is 3. The number of halogens is 1. The van der Waals surface area contributed by atoms with Gasteiger partial charge in [0, 0.05) is 36.5 Å². The summed E-state index contributed by atoms with van der Waals surface area (Å²) in [5.41, 5.74) is -1.86. The number of carbonyl (C=O) groups excluding carboxylic acids is 3. The fourth-order valence-electron chi connectivity index (χ4n) is 8.50. The van der Waals surface area contributed by atoms with E-state index >= 15 is 4.79 Å². The van der Waals surface area contributed by atoms with E-state index in [0.717, 1.165) is 19.3 Å². The molecule has 2 aliphatic heterocycles. The molecule has 0 bridgehead atoms. The zero-order valence-corrected chi connectivity index (χ0v) is 33.4. The van der Waals surface area contributed by atoms with E-state index in [2.05, 4.69) is 21.9 Å². The van der Waals surface area contributed by atoms with Gasteiger partial charge in [0.2, 0.25) is 27.7 Å². The molecule has 14 nitrogen and oxygen atoms in total. The second-order valence-electron chi connectivity index (χ2n) is 17.4. The molecular formula is C40H52FN5O9S. The minimum atomic E-state index is -4.04. The van der Waals surface area contributed by atoms with E-state index in [9.17, 15) is 32.3 Å². The molecule has 2 aromatic rings. The van der Waals surface area contributed by atoms with E-state index in [1.165, 1.54) is 35.2 Å². The van der Waals surface area contributed by atoms with Crippen LogP contribution in [0.3, 0.4) is 0 Å². The number of carboxylic acid groups (broad SMARTS) is 1. The summed E-state index contributed by atoms with van der Waals surface area (Å²) in [7, 11) is -2.62. The molecule has 7 atom stereocenters. The summed E-state index contributed by atoms with van der Waals surface area (Å²) in [6.45, 7) is 7.49. The lowest BCUT2D eigenvalue weighted by Crippen LogP contribution is -2.60. The number of nitrogens with zero attached hydrogens (tertiary/aromatic N) is 3. The molecule has 0 unspecified atom stereocenters. The molecule has 16 heteroatoms. The fourth-order valence-corrected chi connectivity index (χ4v) is 9.81. The van der Waals surface area contributed by atoms with Crippen molar-refractivity contribution in [3.8, 4) is 11.6 Å². The van der Waals surface area contributed by atoms with Crippen molar-refractivity contribution in [1.29, 1.82) is 0 Å². The van der Waals surface area contributed by atoms with Gasteiger partial charge in [0.15, 0.2) is 0 Å². The van der Waals surface area contributed by atoms with Crippen LogP contribution in [0.1, 0.15) is 85.5 Å². The Hall–Kier alpha value is -4.47. The van der Waals surface area contributed by atoms with Crippen LogP contribution in [0.5, 0.6) is 11.6 Å². The predicted octanol–water partition coefficient (Wildman–Crippen LogP) is 4.77. The summed E-state index contributed by atoms with van der Waals surface area (Å²) in [6, 6.07) is 1.78. The normalized spacial score (nSPS) is 30.9. The zero-order valence-electron chi connectivity index (χ0n) is 32.5. The van der Waals surface area contributed by atoms with E-state index in [0.29, 0.717) is 36.5 Å². The number of nitrogens with one attached hydrogen (secondary N) is 2. The second kappa shape index (κ2) is 14.5. The molecular weight excluding hydrogens is 746 g/mol. The van der Waals surface area contributed by atoms with Gasteiger partial charge in [-0.2, -0.15) is 0 Å². The monoisotopic (exact) mass is 797 g/mol. The van der Waals surface area contributed by atoms with Crippen molar-refractivity contribution in [2.24, 2.45) is 23.2 Å². The highest BCUT2D eigenvalue weighted by atomic mass is 32.2. The smallest absolute Gasteiger partial charge is 0.408 e. The van der Waals surface area contributed by atoms with Gasteiger partial charge in [-0.15, -0.1) is 0 Å². The van der Waals surface area contributed by atoms with Crippen molar-refractivity contribution in [3.63, 3.8) is 0 Å². The number of allylic oxidation sites excluding steroid dienone is 1. The summed E-state index contributed by atoms with van der Waals surface area (Å²) >= 11 is 0. The third-order valence-corrected chi connectivity index (χ3v) is 14.9. The molecule has 3 saturated carbocycles. The molecule has 0 radical (unpaired) electrons. The van der Waals surface area contributed by atoms with Gasteiger partial charge in [0.1, 0.15) is 35.3 Å². The number of pyridine rings is 1. The summed E-state index contributed by atoms with van der Waals surface area (Å²) in [4.78, 5) is 63.5. The number of benzene rings is 1. The number of rotatable bonds is 9. The van der Waals surface area contributed by atoms with Crippen molar-refractivity contribution in [2.45, 2.75) is 114 Å². The maximum absolute atomic E-state index is 15.1. The minimum Gasteiger partial charge on any atom is -0.496 e. The third-order valence-electron chi connectivity index (χ3n) is 12.7. The van der Waals surface area contributed by atoms with Crippen molar-refractivity contribution in [2.75, 3.05) is 20.2 Å². The van der Waals surface area contributed by atoms with Crippen LogP contribution < -0.4 is 19.5 Å². The molecule has 1 saturated heterocycles. The minimum absolute atomic E-state index is 0.0514. The van der Waals surface area contributed by atoms with Crippen molar-refractivity contribution in [3.05, 3.63) is 42.4 Å². The molecule has 3 aliphatic carbocycles. The van der Waals surface area contributed by atoms with E-state index in [1.807, 2.05) is 26.0 Å². The Morgan fingerprint density at radius 3 is 2.52 bits per heavy atom. The predicted molar refractivity (Wildman–Crippen MR) is 204 cm³/mol. The van der Waals surface area contributed by atoms with Crippen LogP contribution in [0.25, 0.3) is 10.8 Å². The molecule has 3 N–H and O–H groups in total. The van der Waals surface area contributed by atoms with E-state index in [-0.39, 0.29) is 48.9 Å². The summed E-state index contributed by atoms with van der Waals surface area (Å²) in [5.74, 6) is -3.20. The van der Waals surface area contributed by atoms with Gasteiger partial charge in [0.25, 0.3) is 5.91 Å². The Balaban J connectivity index is 1.26. The number of fused-ring (bicyclic) bond motifs is 3. The summed E-state index contributed by atoms with van der Waals surface area (Å²) in [6.07, 6.45) is 7.61. The van der Waals surface area contributed by atoms with Crippen molar-refractivity contribution in [1.82, 2.24) is 24.8 Å². The molecule has 1 aromatic carbocycles. The van der Waals surface area contributed by atoms with Crippen LogP contribution in [0.4, 0.5) is 9.18 Å². The quantitative estimate of drug-likeness (QED) is 0.299. The lowest BCUT2D eigenvalue weighted by Gasteiger charge is -2.38. The number of sulfonamides is 1. The second-order valence-corrected chi connectivity index (χ2v) is 19.6. The van der Waals surface area contributed by atoms with Gasteiger partial charge in [-0.1, -0.05) is 32.9 Å². The first kappa shape index (κ1) is 39.8. The topological polar surface area (TPSA) is 185 Å². The zero-order chi connectivity index (χ0) is 40.4. The highest BCUT2D eigenvalue weighted by Crippen LogP contribution is 2.49. The number of amides is 4. The fraction of sp³-hybridized carbons (Fsp3) is 0.625. The van der Waals surface area contributed by atoms with Crippen LogP contribution in [-0.2, 0) is 24.4 Å². The molecule has 4 fully saturated rings. The average molecular weight is 798 g/mol. The highest BCUT2D eigenvalue weighted by Gasteiger charge is 2.63. The van der Waals surface area contributed by atoms with Crippen LogP contribution in [0, 0.1) is 29.0 Å².